The summed E-state index contributed by atoms with van der Waals surface area (Å²) in [4.78, 5) is 16.1. The maximum atomic E-state index is 12.0. The van der Waals surface area contributed by atoms with Gasteiger partial charge in [0.15, 0.2) is 0 Å². The molecule has 0 N–H and O–H groups in total. The molecule has 2 heterocycles. The molecule has 0 amide bonds. The molecule has 0 saturated carbocycles. The molecule has 0 aliphatic heterocycles. The van der Waals surface area contributed by atoms with Crippen LogP contribution < -0.4 is 5.56 Å². The van der Waals surface area contributed by atoms with Gasteiger partial charge < -0.3 is 4.40 Å². The number of nitrogens with zero attached hydrogens (tertiary/aromatic N) is 2. The summed E-state index contributed by atoms with van der Waals surface area (Å²) < 4.78 is 1.85. The van der Waals surface area contributed by atoms with E-state index in [0.717, 1.165) is 11.1 Å². The lowest BCUT2D eigenvalue weighted by atomic mass is 10.1. The summed E-state index contributed by atoms with van der Waals surface area (Å²) in [6, 6.07) is 15.6. The number of hydrogen-bond acceptors (Lipinski definition) is 2. The first kappa shape index (κ1) is 12.4. The first-order valence-electron chi connectivity index (χ1n) is 6.46. The molecule has 3 heteroatoms. The van der Waals surface area contributed by atoms with Crippen molar-refractivity contribution in [3.8, 4) is 0 Å². The zero-order valence-electron chi connectivity index (χ0n) is 11.2. The second kappa shape index (κ2) is 5.13. The van der Waals surface area contributed by atoms with Crippen LogP contribution in [0.4, 0.5) is 0 Å². The fourth-order valence-corrected chi connectivity index (χ4v) is 2.14. The number of benzene rings is 1. The van der Waals surface area contributed by atoms with Crippen molar-refractivity contribution < 1.29 is 0 Å². The van der Waals surface area contributed by atoms with Crippen LogP contribution in [0.25, 0.3) is 17.3 Å². The van der Waals surface area contributed by atoms with Gasteiger partial charge in [0.25, 0.3) is 5.56 Å². The van der Waals surface area contributed by atoms with Gasteiger partial charge in [0, 0.05) is 12.4 Å². The summed E-state index contributed by atoms with van der Waals surface area (Å²) in [7, 11) is 0. The Hall–Kier alpha value is -2.68. The normalized spacial score (nSPS) is 11.8. The van der Waals surface area contributed by atoms with E-state index in [2.05, 4.69) is 4.98 Å². The lowest BCUT2D eigenvalue weighted by molar-refractivity contribution is 1.07. The minimum atomic E-state index is -0.202. The highest BCUT2D eigenvalue weighted by molar-refractivity contribution is 5.79. The minimum Gasteiger partial charge on any atom is -0.308 e. The molecule has 1 aromatic carbocycles. The molecule has 0 aliphatic carbocycles. The lowest BCUT2D eigenvalue weighted by Crippen LogP contribution is -2.12. The molecule has 0 aliphatic rings. The summed E-state index contributed by atoms with van der Waals surface area (Å²) >= 11 is 0. The van der Waals surface area contributed by atoms with Crippen LogP contribution in [0, 0.1) is 0 Å². The molecule has 2 aromatic heterocycles. The summed E-state index contributed by atoms with van der Waals surface area (Å²) in [5.41, 5.74) is 3.19. The van der Waals surface area contributed by atoms with Crippen LogP contribution in [-0.4, -0.2) is 9.38 Å². The second-order valence-corrected chi connectivity index (χ2v) is 4.66. The molecule has 0 spiro atoms. The van der Waals surface area contributed by atoms with Crippen LogP contribution in [0.5, 0.6) is 0 Å². The quantitative estimate of drug-likeness (QED) is 0.710. The van der Waals surface area contributed by atoms with E-state index in [0.29, 0.717) is 11.2 Å². The number of pyridine rings is 1. The third kappa shape index (κ3) is 2.38. The molecule has 0 unspecified atom stereocenters. The van der Waals surface area contributed by atoms with Gasteiger partial charge >= 0.3 is 0 Å². The first-order valence-corrected chi connectivity index (χ1v) is 6.46. The van der Waals surface area contributed by atoms with Crippen molar-refractivity contribution in [2.24, 2.45) is 0 Å². The Morgan fingerprint density at radius 3 is 2.65 bits per heavy atom. The van der Waals surface area contributed by atoms with E-state index in [1.54, 1.807) is 0 Å². The van der Waals surface area contributed by atoms with Crippen molar-refractivity contribution >= 4 is 17.3 Å². The average Bonchev–Trinajstić information content (AvgIpc) is 2.49. The summed E-state index contributed by atoms with van der Waals surface area (Å²) in [6.07, 6.45) is 5.58. The monoisotopic (exact) mass is 262 g/mol. The summed E-state index contributed by atoms with van der Waals surface area (Å²) in [6.45, 7) is 1.99. The van der Waals surface area contributed by atoms with Crippen LogP contribution in [0.15, 0.2) is 65.7 Å². The Balaban J connectivity index is 2.11. The highest BCUT2D eigenvalue weighted by atomic mass is 16.1. The van der Waals surface area contributed by atoms with Crippen molar-refractivity contribution in [2.75, 3.05) is 0 Å². The highest BCUT2D eigenvalue weighted by Crippen LogP contribution is 2.15. The topological polar surface area (TPSA) is 34.4 Å². The molecule has 0 radical (unpaired) electrons. The number of hydrogen-bond donors (Lipinski definition) is 0. The Bertz CT molecular complexity index is 832. The SMILES string of the molecule is CC(=Cc1cn2ccccc2nc1=O)c1ccccc1. The van der Waals surface area contributed by atoms with Gasteiger partial charge in [-0.3, -0.25) is 4.79 Å². The fraction of sp³-hybridized carbons (Fsp3) is 0.0588. The first-order chi connectivity index (χ1) is 9.74. The zero-order chi connectivity index (χ0) is 13.9. The van der Waals surface area contributed by atoms with Gasteiger partial charge in [-0.15, -0.1) is 0 Å². The van der Waals surface area contributed by atoms with Crippen LogP contribution >= 0.6 is 0 Å². The summed E-state index contributed by atoms with van der Waals surface area (Å²) in [5.74, 6) is 0. The second-order valence-electron chi connectivity index (χ2n) is 4.66. The molecule has 98 valence electrons. The molecule has 3 aromatic rings. The van der Waals surface area contributed by atoms with Gasteiger partial charge in [-0.2, -0.15) is 4.98 Å². The van der Waals surface area contributed by atoms with E-state index in [1.807, 2.05) is 78.3 Å². The van der Waals surface area contributed by atoms with Crippen molar-refractivity contribution in [1.82, 2.24) is 9.38 Å². The van der Waals surface area contributed by atoms with Gasteiger partial charge in [-0.25, -0.2) is 0 Å². The van der Waals surface area contributed by atoms with Gasteiger partial charge in [0.05, 0.1) is 5.56 Å². The zero-order valence-corrected chi connectivity index (χ0v) is 11.2. The molecule has 0 atom stereocenters. The van der Waals surface area contributed by atoms with Gasteiger partial charge in [-0.05, 0) is 36.3 Å². The van der Waals surface area contributed by atoms with Crippen LogP contribution in [-0.2, 0) is 0 Å². The standard InChI is InChI=1S/C17H14N2O/c1-13(14-7-3-2-4-8-14)11-15-12-19-10-6-5-9-16(19)18-17(15)20/h2-12H,1H3. The van der Waals surface area contributed by atoms with Crippen molar-refractivity contribution in [1.29, 1.82) is 0 Å². The summed E-state index contributed by atoms with van der Waals surface area (Å²) in [5, 5.41) is 0. The molecular weight excluding hydrogens is 248 g/mol. The lowest BCUT2D eigenvalue weighted by Gasteiger charge is -2.03. The van der Waals surface area contributed by atoms with E-state index >= 15 is 0 Å². The van der Waals surface area contributed by atoms with Gasteiger partial charge in [-0.1, -0.05) is 36.4 Å². The van der Waals surface area contributed by atoms with Crippen molar-refractivity contribution in [3.05, 3.63) is 82.4 Å². The van der Waals surface area contributed by atoms with E-state index in [1.165, 1.54) is 0 Å². The molecule has 0 saturated heterocycles. The van der Waals surface area contributed by atoms with Crippen LogP contribution in [0.1, 0.15) is 18.1 Å². The Kier molecular flexibility index (Phi) is 3.17. The smallest absolute Gasteiger partial charge is 0.280 e. The van der Waals surface area contributed by atoms with Crippen LogP contribution in [0.2, 0.25) is 0 Å². The Morgan fingerprint density at radius 1 is 1.10 bits per heavy atom. The van der Waals surface area contributed by atoms with E-state index in [4.69, 9.17) is 0 Å². The third-order valence-corrected chi connectivity index (χ3v) is 3.21. The molecule has 0 fully saturated rings. The fourth-order valence-electron chi connectivity index (χ4n) is 2.14. The molecule has 3 nitrogen and oxygen atoms in total. The van der Waals surface area contributed by atoms with Crippen molar-refractivity contribution in [2.45, 2.75) is 6.92 Å². The van der Waals surface area contributed by atoms with E-state index < -0.39 is 0 Å². The van der Waals surface area contributed by atoms with Crippen LogP contribution in [0.3, 0.4) is 0 Å². The van der Waals surface area contributed by atoms with Gasteiger partial charge in [0.1, 0.15) is 5.65 Å². The molecule has 20 heavy (non-hydrogen) atoms. The van der Waals surface area contributed by atoms with E-state index in [9.17, 15) is 4.79 Å². The van der Waals surface area contributed by atoms with E-state index in [-0.39, 0.29) is 5.56 Å². The molecular formula is C17H14N2O. The third-order valence-electron chi connectivity index (χ3n) is 3.21. The Labute approximate surface area is 116 Å². The number of allylic oxidation sites excluding steroid dienone is 1. The largest absolute Gasteiger partial charge is 0.308 e. The maximum Gasteiger partial charge on any atom is 0.280 e. The molecule has 0 bridgehead atoms. The maximum absolute atomic E-state index is 12.0. The van der Waals surface area contributed by atoms with Crippen molar-refractivity contribution in [3.63, 3.8) is 0 Å². The van der Waals surface area contributed by atoms with Gasteiger partial charge in [0.2, 0.25) is 0 Å². The average molecular weight is 262 g/mol. The minimum absolute atomic E-state index is 0.202. The molecule has 3 rings (SSSR count). The number of fused-ring (bicyclic) bond motifs is 1. The number of aromatic nitrogens is 2. The highest BCUT2D eigenvalue weighted by Gasteiger charge is 2.02. The number of rotatable bonds is 2. The predicted molar refractivity (Wildman–Crippen MR) is 81.4 cm³/mol. The predicted octanol–water partition coefficient (Wildman–Crippen LogP) is 3.26. The Morgan fingerprint density at radius 2 is 1.85 bits per heavy atom.